The van der Waals surface area contributed by atoms with Gasteiger partial charge in [0, 0.05) is 12.4 Å². The molecule has 2 rings (SSSR count). The molecule has 0 amide bonds. The number of carbonyl (C=O) groups is 1. The molecule has 5 nitrogen and oxygen atoms in total. The molecule has 0 saturated carbocycles. The second kappa shape index (κ2) is 4.47. The lowest BCUT2D eigenvalue weighted by Crippen LogP contribution is -3.13. The Hall–Kier alpha value is -0.650. The van der Waals surface area contributed by atoms with E-state index in [1.165, 1.54) is 4.90 Å². The normalized spacial score (nSPS) is 25.9. The fraction of sp³-hybridized carbons (Fsp3) is 0.900. The highest BCUT2D eigenvalue weighted by atomic mass is 16.7. The Morgan fingerprint density at radius 1 is 1.27 bits per heavy atom. The van der Waals surface area contributed by atoms with Crippen LogP contribution in [0.2, 0.25) is 0 Å². The van der Waals surface area contributed by atoms with E-state index in [-0.39, 0.29) is 12.2 Å². The number of carboxylic acid groups (broad SMARTS) is 1. The number of nitrogens with one attached hydrogen (secondary N) is 1. The van der Waals surface area contributed by atoms with Gasteiger partial charge in [-0.25, -0.2) is 0 Å². The zero-order chi connectivity index (χ0) is 10.7. The third-order valence-electron chi connectivity index (χ3n) is 3.22. The first-order chi connectivity index (χ1) is 7.20. The molecule has 0 bridgehead atoms. The molecule has 2 aliphatic rings. The van der Waals surface area contributed by atoms with Crippen LogP contribution < -0.4 is 10.0 Å². The molecule has 86 valence electrons. The molecule has 0 aromatic heterocycles. The van der Waals surface area contributed by atoms with Gasteiger partial charge in [-0.1, -0.05) is 0 Å². The maximum Gasteiger partial charge on any atom is 0.179 e. The van der Waals surface area contributed by atoms with Gasteiger partial charge >= 0.3 is 0 Å². The van der Waals surface area contributed by atoms with E-state index in [4.69, 9.17) is 9.47 Å². The third kappa shape index (κ3) is 2.68. The molecule has 1 spiro atoms. The molecule has 15 heavy (non-hydrogen) atoms. The Balaban J connectivity index is 1.74. The first-order valence-electron chi connectivity index (χ1n) is 5.52. The van der Waals surface area contributed by atoms with Crippen molar-refractivity contribution in [3.8, 4) is 0 Å². The van der Waals surface area contributed by atoms with E-state index < -0.39 is 5.97 Å². The van der Waals surface area contributed by atoms with Crippen LogP contribution in [0.15, 0.2) is 0 Å². The fourth-order valence-electron chi connectivity index (χ4n) is 2.30. The standard InChI is InChI=1S/C10H17NO4/c12-9(13)1-4-11-5-2-10(3-6-11)14-7-8-15-10/h1-8H2,(H,12,13). The average molecular weight is 215 g/mol. The number of piperidine rings is 1. The first kappa shape index (κ1) is 10.9. The van der Waals surface area contributed by atoms with Crippen LogP contribution in [-0.2, 0) is 14.3 Å². The molecule has 5 heteroatoms. The van der Waals surface area contributed by atoms with E-state index in [1.54, 1.807) is 0 Å². The van der Waals surface area contributed by atoms with Gasteiger partial charge < -0.3 is 24.3 Å². The van der Waals surface area contributed by atoms with Crippen molar-refractivity contribution < 1.29 is 24.3 Å². The van der Waals surface area contributed by atoms with Crippen molar-refractivity contribution in [1.29, 1.82) is 0 Å². The number of ether oxygens (including phenoxy) is 2. The summed E-state index contributed by atoms with van der Waals surface area (Å²) in [6, 6.07) is 0. The number of rotatable bonds is 3. The summed E-state index contributed by atoms with van der Waals surface area (Å²) in [7, 11) is 0. The minimum Gasteiger partial charge on any atom is -0.550 e. The number of hydrogen-bond donors (Lipinski definition) is 1. The highest BCUT2D eigenvalue weighted by Gasteiger charge is 2.41. The van der Waals surface area contributed by atoms with E-state index in [0.29, 0.717) is 19.8 Å². The summed E-state index contributed by atoms with van der Waals surface area (Å²) in [6.45, 7) is 3.88. The van der Waals surface area contributed by atoms with Crippen LogP contribution in [0.4, 0.5) is 0 Å². The first-order valence-corrected chi connectivity index (χ1v) is 5.52. The number of likely N-dealkylation sites (tertiary alicyclic amines) is 1. The summed E-state index contributed by atoms with van der Waals surface area (Å²) < 4.78 is 11.2. The number of quaternary nitrogens is 1. The van der Waals surface area contributed by atoms with Gasteiger partial charge in [0.25, 0.3) is 0 Å². The third-order valence-corrected chi connectivity index (χ3v) is 3.22. The van der Waals surface area contributed by atoms with Gasteiger partial charge in [-0.15, -0.1) is 0 Å². The number of aliphatic carboxylic acids is 1. The minimum absolute atomic E-state index is 0.143. The molecule has 2 heterocycles. The maximum atomic E-state index is 10.3. The molecular weight excluding hydrogens is 198 g/mol. The van der Waals surface area contributed by atoms with Gasteiger partial charge in [0.2, 0.25) is 0 Å². The van der Waals surface area contributed by atoms with Gasteiger partial charge in [-0.2, -0.15) is 0 Å². The molecule has 0 aliphatic carbocycles. The van der Waals surface area contributed by atoms with Crippen molar-refractivity contribution in [2.75, 3.05) is 32.8 Å². The van der Waals surface area contributed by atoms with Gasteiger partial charge in [0.1, 0.15) is 0 Å². The predicted molar refractivity (Wildman–Crippen MR) is 49.1 cm³/mol. The quantitative estimate of drug-likeness (QED) is 0.567. The summed E-state index contributed by atoms with van der Waals surface area (Å²) in [5, 5.41) is 10.3. The molecule has 2 saturated heterocycles. The van der Waals surface area contributed by atoms with Gasteiger partial charge in [-0.3, -0.25) is 0 Å². The van der Waals surface area contributed by atoms with Crippen molar-refractivity contribution in [2.45, 2.75) is 25.0 Å². The van der Waals surface area contributed by atoms with E-state index in [2.05, 4.69) is 0 Å². The van der Waals surface area contributed by atoms with Crippen LogP contribution in [0.25, 0.3) is 0 Å². The summed E-state index contributed by atoms with van der Waals surface area (Å²) in [6.07, 6.45) is 1.88. The largest absolute Gasteiger partial charge is 0.550 e. The molecule has 2 aliphatic heterocycles. The van der Waals surface area contributed by atoms with Crippen LogP contribution in [0.1, 0.15) is 19.3 Å². The molecule has 0 unspecified atom stereocenters. The Kier molecular flexibility index (Phi) is 3.23. The molecule has 0 atom stereocenters. The fourth-order valence-corrected chi connectivity index (χ4v) is 2.30. The monoisotopic (exact) mass is 215 g/mol. The van der Waals surface area contributed by atoms with E-state index in [1.807, 2.05) is 0 Å². The summed E-state index contributed by atoms with van der Waals surface area (Å²) in [5.74, 6) is -1.30. The van der Waals surface area contributed by atoms with Crippen molar-refractivity contribution in [1.82, 2.24) is 0 Å². The van der Waals surface area contributed by atoms with Gasteiger partial charge in [-0.05, 0) is 0 Å². The molecular formula is C10H17NO4. The lowest BCUT2D eigenvalue weighted by Gasteiger charge is -2.35. The number of hydrogen-bond acceptors (Lipinski definition) is 4. The number of carbonyl (C=O) groups excluding carboxylic acids is 1. The average Bonchev–Trinajstić information content (AvgIpc) is 2.66. The molecule has 2 fully saturated rings. The minimum atomic E-state index is -0.962. The van der Waals surface area contributed by atoms with Gasteiger partial charge in [0.15, 0.2) is 5.79 Å². The molecule has 1 N–H and O–H groups in total. The summed E-state index contributed by atoms with van der Waals surface area (Å²) >= 11 is 0. The van der Waals surface area contributed by atoms with Crippen LogP contribution >= 0.6 is 0 Å². The Morgan fingerprint density at radius 2 is 1.87 bits per heavy atom. The Bertz CT molecular complexity index is 228. The van der Waals surface area contributed by atoms with Crippen molar-refractivity contribution in [2.24, 2.45) is 0 Å². The Labute approximate surface area is 89.0 Å². The lowest BCUT2D eigenvalue weighted by atomic mass is 10.0. The summed E-state index contributed by atoms with van der Waals surface area (Å²) in [5.41, 5.74) is 0. The zero-order valence-electron chi connectivity index (χ0n) is 8.79. The predicted octanol–water partition coefficient (Wildman–Crippen LogP) is -2.45. The highest BCUT2D eigenvalue weighted by Crippen LogP contribution is 2.27. The van der Waals surface area contributed by atoms with E-state index >= 15 is 0 Å². The molecule has 0 aromatic rings. The second-order valence-corrected chi connectivity index (χ2v) is 4.23. The smallest absolute Gasteiger partial charge is 0.179 e. The maximum absolute atomic E-state index is 10.3. The second-order valence-electron chi connectivity index (χ2n) is 4.23. The molecule has 0 aromatic carbocycles. The van der Waals surface area contributed by atoms with E-state index in [9.17, 15) is 9.90 Å². The summed E-state index contributed by atoms with van der Waals surface area (Å²) in [4.78, 5) is 11.6. The number of carboxylic acids is 1. The van der Waals surface area contributed by atoms with E-state index in [0.717, 1.165) is 25.9 Å². The lowest BCUT2D eigenvalue weighted by molar-refractivity contribution is -0.908. The zero-order valence-corrected chi connectivity index (χ0v) is 8.79. The SMILES string of the molecule is O=C([O-])CC[NH+]1CCC2(CC1)OCCO2. The van der Waals surface area contributed by atoms with Crippen LogP contribution in [0, 0.1) is 0 Å². The van der Waals surface area contributed by atoms with Crippen molar-refractivity contribution in [3.63, 3.8) is 0 Å². The topological polar surface area (TPSA) is 63.0 Å². The van der Waals surface area contributed by atoms with Gasteiger partial charge in [0.05, 0.1) is 45.7 Å². The molecule has 0 radical (unpaired) electrons. The van der Waals surface area contributed by atoms with Crippen LogP contribution in [0.3, 0.4) is 0 Å². The van der Waals surface area contributed by atoms with Crippen molar-refractivity contribution >= 4 is 5.97 Å². The van der Waals surface area contributed by atoms with Crippen molar-refractivity contribution in [3.05, 3.63) is 0 Å². The highest BCUT2D eigenvalue weighted by molar-refractivity contribution is 5.64. The van der Waals surface area contributed by atoms with Crippen LogP contribution in [-0.4, -0.2) is 44.6 Å². The Morgan fingerprint density at radius 3 is 2.40 bits per heavy atom. The van der Waals surface area contributed by atoms with Crippen LogP contribution in [0.5, 0.6) is 0 Å².